The van der Waals surface area contributed by atoms with Gasteiger partial charge >= 0.3 is 0 Å². The summed E-state index contributed by atoms with van der Waals surface area (Å²) >= 11 is 7.28. The van der Waals surface area contributed by atoms with E-state index in [0.29, 0.717) is 22.1 Å². The third-order valence-corrected chi connectivity index (χ3v) is 4.77. The zero-order valence-corrected chi connectivity index (χ0v) is 15.5. The molecule has 3 aromatic rings. The first-order valence-electron chi connectivity index (χ1n) is 7.92. The molecule has 136 valence electrons. The van der Waals surface area contributed by atoms with Crippen LogP contribution in [0.3, 0.4) is 0 Å². The summed E-state index contributed by atoms with van der Waals surface area (Å²) in [7, 11) is 0. The standard InChI is InChI=1S/C19H14ClN3O3S/c20-15-6-1-14(2-7-15)11-17-12-21-19(27-17)22-18(24)10-5-13-3-8-16(9-4-13)23(25)26/h1-10,12H,11H2,(H,21,22,24)/b10-5+. The van der Waals surface area contributed by atoms with E-state index in [1.165, 1.54) is 29.5 Å². The number of carbonyl (C=O) groups is 1. The first kappa shape index (κ1) is 18.8. The zero-order chi connectivity index (χ0) is 19.2. The number of carbonyl (C=O) groups excluding carboxylic acids is 1. The van der Waals surface area contributed by atoms with E-state index in [2.05, 4.69) is 10.3 Å². The molecule has 0 aliphatic rings. The van der Waals surface area contributed by atoms with E-state index in [4.69, 9.17) is 11.6 Å². The molecule has 2 aromatic carbocycles. The van der Waals surface area contributed by atoms with Gasteiger partial charge in [-0.3, -0.25) is 20.2 Å². The topological polar surface area (TPSA) is 85.1 Å². The van der Waals surface area contributed by atoms with Crippen LogP contribution in [0.4, 0.5) is 10.8 Å². The van der Waals surface area contributed by atoms with Gasteiger partial charge in [-0.2, -0.15) is 0 Å². The normalized spacial score (nSPS) is 10.9. The molecular formula is C19H14ClN3O3S. The molecule has 3 rings (SSSR count). The van der Waals surface area contributed by atoms with Crippen molar-refractivity contribution in [3.8, 4) is 0 Å². The molecule has 0 unspecified atom stereocenters. The van der Waals surface area contributed by atoms with Gasteiger partial charge in [0.1, 0.15) is 0 Å². The van der Waals surface area contributed by atoms with Crippen LogP contribution in [0.25, 0.3) is 6.08 Å². The Labute approximate surface area is 164 Å². The molecular weight excluding hydrogens is 386 g/mol. The molecule has 1 N–H and O–H groups in total. The van der Waals surface area contributed by atoms with Gasteiger partial charge in [0.15, 0.2) is 5.13 Å². The number of halogens is 1. The Bertz CT molecular complexity index is 982. The molecule has 6 nitrogen and oxygen atoms in total. The van der Waals surface area contributed by atoms with Crippen LogP contribution in [0.2, 0.25) is 5.02 Å². The second-order valence-electron chi connectivity index (χ2n) is 5.61. The van der Waals surface area contributed by atoms with E-state index in [-0.39, 0.29) is 11.6 Å². The predicted molar refractivity (Wildman–Crippen MR) is 107 cm³/mol. The summed E-state index contributed by atoms with van der Waals surface area (Å²) in [6, 6.07) is 13.5. The lowest BCUT2D eigenvalue weighted by molar-refractivity contribution is -0.384. The van der Waals surface area contributed by atoms with Gasteiger partial charge in [-0.1, -0.05) is 23.7 Å². The second-order valence-corrected chi connectivity index (χ2v) is 7.16. The first-order chi connectivity index (χ1) is 13.0. The van der Waals surface area contributed by atoms with Crippen molar-refractivity contribution in [2.24, 2.45) is 0 Å². The summed E-state index contributed by atoms with van der Waals surface area (Å²) in [6.07, 6.45) is 5.39. The van der Waals surface area contributed by atoms with E-state index < -0.39 is 4.92 Å². The summed E-state index contributed by atoms with van der Waals surface area (Å²) in [5.41, 5.74) is 1.81. The van der Waals surface area contributed by atoms with Crippen LogP contribution in [0.15, 0.2) is 60.8 Å². The molecule has 0 saturated carbocycles. The van der Waals surface area contributed by atoms with Gasteiger partial charge in [0, 0.05) is 40.7 Å². The van der Waals surface area contributed by atoms with Crippen molar-refractivity contribution in [3.05, 3.63) is 91.9 Å². The predicted octanol–water partition coefficient (Wildman–Crippen LogP) is 4.95. The van der Waals surface area contributed by atoms with E-state index in [1.54, 1.807) is 24.4 Å². The summed E-state index contributed by atoms with van der Waals surface area (Å²) in [4.78, 5) is 27.4. The highest BCUT2D eigenvalue weighted by molar-refractivity contribution is 7.15. The van der Waals surface area contributed by atoms with Gasteiger partial charge < -0.3 is 0 Å². The summed E-state index contributed by atoms with van der Waals surface area (Å²) in [6.45, 7) is 0. The van der Waals surface area contributed by atoms with Crippen LogP contribution in [0, 0.1) is 10.1 Å². The fourth-order valence-electron chi connectivity index (χ4n) is 2.28. The van der Waals surface area contributed by atoms with Crippen LogP contribution >= 0.6 is 22.9 Å². The molecule has 1 amide bonds. The van der Waals surface area contributed by atoms with Crippen molar-refractivity contribution in [2.75, 3.05) is 5.32 Å². The molecule has 8 heteroatoms. The maximum Gasteiger partial charge on any atom is 0.269 e. The number of rotatable bonds is 6. The van der Waals surface area contributed by atoms with Crippen molar-refractivity contribution < 1.29 is 9.72 Å². The minimum absolute atomic E-state index is 0.00704. The Morgan fingerprint density at radius 1 is 1.19 bits per heavy atom. The smallest absolute Gasteiger partial charge is 0.269 e. The Hall–Kier alpha value is -3.03. The van der Waals surface area contributed by atoms with E-state index in [0.717, 1.165) is 10.4 Å². The third-order valence-electron chi connectivity index (χ3n) is 3.61. The van der Waals surface area contributed by atoms with Crippen molar-refractivity contribution in [1.29, 1.82) is 0 Å². The molecule has 1 heterocycles. The maximum atomic E-state index is 12.0. The van der Waals surface area contributed by atoms with Gasteiger partial charge in [-0.05, 0) is 41.5 Å². The Balaban J connectivity index is 1.57. The van der Waals surface area contributed by atoms with Crippen LogP contribution < -0.4 is 5.32 Å². The summed E-state index contributed by atoms with van der Waals surface area (Å²) in [5, 5.41) is 14.5. The molecule has 1 aromatic heterocycles. The Kier molecular flexibility index (Phi) is 5.95. The van der Waals surface area contributed by atoms with Gasteiger partial charge in [0.25, 0.3) is 5.69 Å². The minimum atomic E-state index is -0.468. The lowest BCUT2D eigenvalue weighted by atomic mass is 10.1. The number of hydrogen-bond donors (Lipinski definition) is 1. The van der Waals surface area contributed by atoms with Crippen LogP contribution in [-0.4, -0.2) is 15.8 Å². The number of nitro groups is 1. The highest BCUT2D eigenvalue weighted by Crippen LogP contribution is 2.22. The molecule has 0 atom stereocenters. The number of anilines is 1. The van der Waals surface area contributed by atoms with E-state index >= 15 is 0 Å². The van der Waals surface area contributed by atoms with Crippen molar-refractivity contribution in [2.45, 2.75) is 6.42 Å². The number of nitrogens with one attached hydrogen (secondary N) is 1. The number of thiazole rings is 1. The monoisotopic (exact) mass is 399 g/mol. The lowest BCUT2D eigenvalue weighted by Crippen LogP contribution is -2.07. The van der Waals surface area contributed by atoms with Crippen LogP contribution in [0.5, 0.6) is 0 Å². The lowest BCUT2D eigenvalue weighted by Gasteiger charge is -1.98. The average molecular weight is 400 g/mol. The molecule has 0 spiro atoms. The van der Waals surface area contributed by atoms with Gasteiger partial charge in [-0.25, -0.2) is 4.98 Å². The number of aromatic nitrogens is 1. The van der Waals surface area contributed by atoms with E-state index in [1.807, 2.05) is 24.3 Å². The van der Waals surface area contributed by atoms with Crippen molar-refractivity contribution in [1.82, 2.24) is 4.98 Å². The molecule has 0 fully saturated rings. The minimum Gasteiger partial charge on any atom is -0.298 e. The molecule has 0 radical (unpaired) electrons. The van der Waals surface area contributed by atoms with Gasteiger partial charge in [-0.15, -0.1) is 11.3 Å². The quantitative estimate of drug-likeness (QED) is 0.361. The molecule has 27 heavy (non-hydrogen) atoms. The Morgan fingerprint density at radius 2 is 1.89 bits per heavy atom. The largest absolute Gasteiger partial charge is 0.298 e. The number of nitrogens with zero attached hydrogens (tertiary/aromatic N) is 2. The van der Waals surface area contributed by atoms with Crippen LogP contribution in [0.1, 0.15) is 16.0 Å². The number of nitro benzene ring substituents is 1. The maximum absolute atomic E-state index is 12.0. The second kappa shape index (κ2) is 8.57. The van der Waals surface area contributed by atoms with Gasteiger partial charge in [0.2, 0.25) is 5.91 Å². The third kappa shape index (κ3) is 5.47. The molecule has 0 saturated heterocycles. The van der Waals surface area contributed by atoms with Crippen molar-refractivity contribution in [3.63, 3.8) is 0 Å². The molecule has 0 aliphatic carbocycles. The number of non-ortho nitro benzene ring substituents is 1. The van der Waals surface area contributed by atoms with Crippen molar-refractivity contribution >= 4 is 45.7 Å². The highest BCUT2D eigenvalue weighted by atomic mass is 35.5. The summed E-state index contributed by atoms with van der Waals surface area (Å²) in [5.74, 6) is -0.319. The highest BCUT2D eigenvalue weighted by Gasteiger charge is 2.06. The molecule has 0 bridgehead atoms. The zero-order valence-electron chi connectivity index (χ0n) is 14.0. The van der Waals surface area contributed by atoms with Crippen LogP contribution in [-0.2, 0) is 11.2 Å². The number of hydrogen-bond acceptors (Lipinski definition) is 5. The molecule has 0 aliphatic heterocycles. The average Bonchev–Trinajstić information content (AvgIpc) is 3.09. The Morgan fingerprint density at radius 3 is 2.56 bits per heavy atom. The SMILES string of the molecule is O=C(/C=C/c1ccc([N+](=O)[O-])cc1)Nc1ncc(Cc2ccc(Cl)cc2)s1. The van der Waals surface area contributed by atoms with Gasteiger partial charge in [0.05, 0.1) is 4.92 Å². The number of amides is 1. The fraction of sp³-hybridized carbons (Fsp3) is 0.0526. The van der Waals surface area contributed by atoms with E-state index in [9.17, 15) is 14.9 Å². The summed E-state index contributed by atoms with van der Waals surface area (Å²) < 4.78 is 0. The first-order valence-corrected chi connectivity index (χ1v) is 9.12. The number of benzene rings is 2. The fourth-order valence-corrected chi connectivity index (χ4v) is 3.25.